The van der Waals surface area contributed by atoms with Gasteiger partial charge in [-0.15, -0.1) is 0 Å². The maximum atomic E-state index is 11.3. The van der Waals surface area contributed by atoms with Crippen molar-refractivity contribution >= 4 is 17.6 Å². The number of hydrogen-bond donors (Lipinski definition) is 2. The van der Waals surface area contributed by atoms with Gasteiger partial charge in [-0.25, -0.2) is 4.98 Å². The molecule has 0 unspecified atom stereocenters. The van der Waals surface area contributed by atoms with Gasteiger partial charge in [0, 0.05) is 18.0 Å². The average Bonchev–Trinajstić information content (AvgIpc) is 2.94. The first-order chi connectivity index (χ1) is 10.2. The lowest BCUT2D eigenvalue weighted by atomic mass is 9.96. The predicted octanol–water partition coefficient (Wildman–Crippen LogP) is 2.35. The highest BCUT2D eigenvalue weighted by Crippen LogP contribution is 2.28. The van der Waals surface area contributed by atoms with Crippen molar-refractivity contribution in [3.63, 3.8) is 0 Å². The van der Waals surface area contributed by atoms with Crippen LogP contribution >= 0.6 is 11.8 Å². The summed E-state index contributed by atoms with van der Waals surface area (Å²) in [6.07, 6.45) is 8.43. The van der Waals surface area contributed by atoms with Crippen molar-refractivity contribution in [2.45, 2.75) is 49.1 Å². The van der Waals surface area contributed by atoms with Crippen molar-refractivity contribution in [1.29, 1.82) is 0 Å². The minimum absolute atomic E-state index is 0.224. The van der Waals surface area contributed by atoms with Crippen LogP contribution in [0.4, 0.5) is 5.82 Å². The van der Waals surface area contributed by atoms with E-state index >= 15 is 0 Å². The van der Waals surface area contributed by atoms with E-state index in [2.05, 4.69) is 25.9 Å². The summed E-state index contributed by atoms with van der Waals surface area (Å²) in [5.41, 5.74) is 6.34. The highest BCUT2D eigenvalue weighted by molar-refractivity contribution is 7.98. The zero-order valence-corrected chi connectivity index (χ0v) is 12.6. The van der Waals surface area contributed by atoms with Gasteiger partial charge in [-0.1, -0.05) is 31.0 Å². The predicted molar refractivity (Wildman–Crippen MR) is 83.2 cm³/mol. The van der Waals surface area contributed by atoms with Crippen molar-refractivity contribution in [2.75, 3.05) is 5.73 Å². The fourth-order valence-corrected chi connectivity index (χ4v) is 3.45. The Labute approximate surface area is 127 Å². The number of nitrogen functional groups attached to an aromatic ring is 1. The van der Waals surface area contributed by atoms with Gasteiger partial charge in [0.05, 0.1) is 11.7 Å². The van der Waals surface area contributed by atoms with Crippen LogP contribution in [0.2, 0.25) is 0 Å². The summed E-state index contributed by atoms with van der Waals surface area (Å²) in [6.45, 7) is 0. The summed E-state index contributed by atoms with van der Waals surface area (Å²) in [4.78, 5) is 18.1. The highest BCUT2D eigenvalue weighted by atomic mass is 32.2. The Kier molecular flexibility index (Phi) is 4.28. The van der Waals surface area contributed by atoms with Crippen LogP contribution in [0.15, 0.2) is 28.3 Å². The van der Waals surface area contributed by atoms with E-state index in [1.54, 1.807) is 0 Å². The van der Waals surface area contributed by atoms with E-state index in [0.717, 1.165) is 5.69 Å². The number of aromatic nitrogens is 4. The molecule has 2 heterocycles. The molecule has 2 aromatic rings. The second-order valence-electron chi connectivity index (χ2n) is 5.34. The van der Waals surface area contributed by atoms with E-state index in [-0.39, 0.29) is 11.4 Å². The summed E-state index contributed by atoms with van der Waals surface area (Å²) < 4.78 is 2.09. The second kappa shape index (κ2) is 6.34. The molecule has 1 aliphatic carbocycles. The molecule has 0 aromatic carbocycles. The average molecular weight is 305 g/mol. The number of thioether (sulfide) groups is 1. The van der Waals surface area contributed by atoms with Gasteiger partial charge in [0.2, 0.25) is 0 Å². The van der Waals surface area contributed by atoms with Gasteiger partial charge in [-0.05, 0) is 18.9 Å². The maximum absolute atomic E-state index is 11.3. The Balaban J connectivity index is 1.63. The third-order valence-corrected chi connectivity index (χ3v) is 4.62. The first-order valence-electron chi connectivity index (χ1n) is 7.24. The fourth-order valence-electron chi connectivity index (χ4n) is 2.67. The monoisotopic (exact) mass is 305 g/mol. The summed E-state index contributed by atoms with van der Waals surface area (Å²) in [7, 11) is 0. The molecule has 0 saturated heterocycles. The number of rotatable bonds is 4. The van der Waals surface area contributed by atoms with E-state index in [1.807, 2.05) is 6.07 Å². The molecule has 0 atom stereocenters. The van der Waals surface area contributed by atoms with E-state index in [0.29, 0.717) is 17.0 Å². The number of nitrogens with two attached hydrogens (primary N) is 1. The van der Waals surface area contributed by atoms with Crippen LogP contribution in [0.5, 0.6) is 0 Å². The molecule has 0 spiro atoms. The molecule has 0 radical (unpaired) electrons. The van der Waals surface area contributed by atoms with Gasteiger partial charge in [0.1, 0.15) is 5.82 Å². The van der Waals surface area contributed by atoms with E-state index in [4.69, 9.17) is 5.73 Å². The molecular weight excluding hydrogens is 286 g/mol. The van der Waals surface area contributed by atoms with E-state index in [9.17, 15) is 4.79 Å². The third-order valence-electron chi connectivity index (χ3n) is 3.71. The summed E-state index contributed by atoms with van der Waals surface area (Å²) in [5.74, 6) is 0.917. The van der Waals surface area contributed by atoms with Crippen LogP contribution in [0.3, 0.4) is 0 Å². The van der Waals surface area contributed by atoms with Crippen LogP contribution < -0.4 is 11.3 Å². The number of nitrogens with zero attached hydrogens (tertiary/aromatic N) is 3. The molecule has 3 N–H and O–H groups in total. The first-order valence-corrected chi connectivity index (χ1v) is 8.23. The van der Waals surface area contributed by atoms with Crippen LogP contribution in [-0.4, -0.2) is 19.7 Å². The van der Waals surface area contributed by atoms with Gasteiger partial charge in [-0.2, -0.15) is 5.10 Å². The normalized spacial score (nSPS) is 16.2. The molecule has 1 saturated carbocycles. The molecule has 21 heavy (non-hydrogen) atoms. The van der Waals surface area contributed by atoms with Crippen molar-refractivity contribution in [2.24, 2.45) is 0 Å². The van der Waals surface area contributed by atoms with Crippen molar-refractivity contribution < 1.29 is 0 Å². The minimum Gasteiger partial charge on any atom is -0.383 e. The highest BCUT2D eigenvalue weighted by Gasteiger charge is 2.16. The minimum atomic E-state index is -0.224. The van der Waals surface area contributed by atoms with Crippen molar-refractivity contribution in [3.8, 4) is 0 Å². The lowest BCUT2D eigenvalue weighted by Gasteiger charge is -2.21. The molecule has 7 heteroatoms. The molecule has 0 bridgehead atoms. The molecule has 2 aromatic heterocycles. The largest absolute Gasteiger partial charge is 0.383 e. The van der Waals surface area contributed by atoms with Crippen LogP contribution in [0.25, 0.3) is 0 Å². The van der Waals surface area contributed by atoms with Gasteiger partial charge < -0.3 is 10.7 Å². The topological polar surface area (TPSA) is 89.6 Å². The second-order valence-corrected chi connectivity index (χ2v) is 6.31. The molecule has 1 aliphatic rings. The number of nitrogens with one attached hydrogen (secondary N) is 1. The Bertz CT molecular complexity index is 659. The quantitative estimate of drug-likeness (QED) is 0.668. The SMILES string of the molecule is Nc1cc(=O)[nH]c(SCc2ccn(C3CCCCC3)n2)n1. The van der Waals surface area contributed by atoms with Gasteiger partial charge in [0.15, 0.2) is 5.16 Å². The van der Waals surface area contributed by atoms with Crippen LogP contribution in [0.1, 0.15) is 43.8 Å². The molecular formula is C14H19N5OS. The van der Waals surface area contributed by atoms with Crippen LogP contribution in [0, 0.1) is 0 Å². The number of anilines is 1. The Morgan fingerprint density at radius 2 is 2.19 bits per heavy atom. The van der Waals surface area contributed by atoms with E-state index in [1.165, 1.54) is 49.9 Å². The molecule has 0 amide bonds. The van der Waals surface area contributed by atoms with E-state index < -0.39 is 0 Å². The maximum Gasteiger partial charge on any atom is 0.253 e. The van der Waals surface area contributed by atoms with Crippen LogP contribution in [-0.2, 0) is 5.75 Å². The Morgan fingerprint density at radius 1 is 1.38 bits per heavy atom. The van der Waals surface area contributed by atoms with Gasteiger partial charge in [0.25, 0.3) is 5.56 Å². The lowest BCUT2D eigenvalue weighted by Crippen LogP contribution is -2.13. The summed E-state index contributed by atoms with van der Waals surface area (Å²) >= 11 is 1.44. The van der Waals surface area contributed by atoms with Gasteiger partial charge in [-0.3, -0.25) is 9.48 Å². The van der Waals surface area contributed by atoms with Crippen molar-refractivity contribution in [1.82, 2.24) is 19.7 Å². The smallest absolute Gasteiger partial charge is 0.253 e. The summed E-state index contributed by atoms with van der Waals surface area (Å²) in [6, 6.07) is 3.86. The molecule has 3 rings (SSSR count). The standard InChI is InChI=1S/C14H19N5OS/c15-12-8-13(20)17-14(16-12)21-9-10-6-7-19(18-10)11-4-2-1-3-5-11/h6-8,11H,1-5,9H2,(H3,15,16,17,20). The molecule has 6 nitrogen and oxygen atoms in total. The number of hydrogen-bond acceptors (Lipinski definition) is 5. The molecule has 112 valence electrons. The van der Waals surface area contributed by atoms with Gasteiger partial charge >= 0.3 is 0 Å². The Morgan fingerprint density at radius 3 is 2.95 bits per heavy atom. The van der Waals surface area contributed by atoms with Crippen molar-refractivity contribution in [3.05, 3.63) is 34.4 Å². The number of H-pyrrole nitrogens is 1. The zero-order chi connectivity index (χ0) is 14.7. The first kappa shape index (κ1) is 14.2. The summed E-state index contributed by atoms with van der Waals surface area (Å²) in [5, 5.41) is 5.17. The molecule has 0 aliphatic heterocycles. The molecule has 1 fully saturated rings. The lowest BCUT2D eigenvalue weighted by molar-refractivity contribution is 0.328. The fraction of sp³-hybridized carbons (Fsp3) is 0.500. The Hall–Kier alpha value is -1.76. The third kappa shape index (κ3) is 3.66. The zero-order valence-electron chi connectivity index (χ0n) is 11.8. The number of aromatic amines is 1.